The highest BCUT2D eigenvalue weighted by Gasteiger charge is 2.20. The Bertz CT molecular complexity index is 809. The van der Waals surface area contributed by atoms with E-state index in [9.17, 15) is 17.6 Å². The lowest BCUT2D eigenvalue weighted by atomic mass is 10.2. The summed E-state index contributed by atoms with van der Waals surface area (Å²) in [6.45, 7) is 0. The van der Waals surface area contributed by atoms with Crippen LogP contribution < -0.4 is 10.5 Å². The second-order valence-electron chi connectivity index (χ2n) is 4.09. The summed E-state index contributed by atoms with van der Waals surface area (Å²) in [5.74, 6) is -1.63. The number of anilines is 1. The molecule has 8 heteroatoms. The maximum Gasteiger partial charge on any atom is 0.264 e. The Balaban J connectivity index is 2.44. The second kappa shape index (κ2) is 5.71. The molecule has 0 unspecified atom stereocenters. The summed E-state index contributed by atoms with van der Waals surface area (Å²) in [6.07, 6.45) is 0. The third-order valence-electron chi connectivity index (χ3n) is 2.62. The van der Waals surface area contributed by atoms with Gasteiger partial charge in [0.15, 0.2) is 0 Å². The Morgan fingerprint density at radius 3 is 2.48 bits per heavy atom. The number of nitrogens with one attached hydrogen (secondary N) is 1. The number of hydrogen-bond acceptors (Lipinski definition) is 3. The number of hydrogen-bond donors (Lipinski definition) is 2. The quantitative estimate of drug-likeness (QED) is 0.903. The number of sulfonamides is 1. The molecule has 110 valence electrons. The van der Waals surface area contributed by atoms with Gasteiger partial charge in [-0.25, -0.2) is 12.8 Å². The van der Waals surface area contributed by atoms with E-state index in [1.165, 1.54) is 30.3 Å². The van der Waals surface area contributed by atoms with Gasteiger partial charge in [0, 0.05) is 5.56 Å². The molecule has 0 saturated carbocycles. The number of rotatable bonds is 4. The van der Waals surface area contributed by atoms with Gasteiger partial charge in [0.2, 0.25) is 5.91 Å². The average molecular weight is 329 g/mol. The molecule has 0 heterocycles. The van der Waals surface area contributed by atoms with Gasteiger partial charge >= 0.3 is 0 Å². The van der Waals surface area contributed by atoms with Crippen molar-refractivity contribution in [3.05, 3.63) is 58.9 Å². The average Bonchev–Trinajstić information content (AvgIpc) is 2.41. The molecule has 5 nitrogen and oxygen atoms in total. The number of primary amides is 1. The molecular formula is C13H10ClFN2O3S. The lowest BCUT2D eigenvalue weighted by Gasteiger charge is -2.11. The largest absolute Gasteiger partial charge is 0.366 e. The van der Waals surface area contributed by atoms with Crippen molar-refractivity contribution in [3.63, 3.8) is 0 Å². The highest BCUT2D eigenvalue weighted by molar-refractivity contribution is 7.92. The molecule has 2 aromatic rings. The molecule has 0 aliphatic heterocycles. The maximum atomic E-state index is 13.6. The summed E-state index contributed by atoms with van der Waals surface area (Å²) in [5.41, 5.74) is 5.13. The van der Waals surface area contributed by atoms with E-state index in [1.54, 1.807) is 0 Å². The van der Waals surface area contributed by atoms with Crippen molar-refractivity contribution in [1.82, 2.24) is 0 Å². The third kappa shape index (κ3) is 3.32. The van der Waals surface area contributed by atoms with E-state index < -0.39 is 26.6 Å². The van der Waals surface area contributed by atoms with Crippen molar-refractivity contribution in [2.75, 3.05) is 4.72 Å². The molecule has 0 spiro atoms. The van der Waals surface area contributed by atoms with Crippen LogP contribution in [0.3, 0.4) is 0 Å². The fourth-order valence-corrected chi connectivity index (χ4v) is 2.99. The molecule has 0 atom stereocenters. The van der Waals surface area contributed by atoms with Gasteiger partial charge in [0.1, 0.15) is 10.7 Å². The molecule has 1 amide bonds. The first-order chi connectivity index (χ1) is 9.81. The van der Waals surface area contributed by atoms with E-state index in [4.69, 9.17) is 17.3 Å². The van der Waals surface area contributed by atoms with Crippen LogP contribution in [0.2, 0.25) is 5.02 Å². The molecule has 0 bridgehead atoms. The summed E-state index contributed by atoms with van der Waals surface area (Å²) in [6, 6.07) is 8.75. The van der Waals surface area contributed by atoms with Crippen molar-refractivity contribution in [2.24, 2.45) is 5.73 Å². The van der Waals surface area contributed by atoms with Crippen LogP contribution in [-0.2, 0) is 10.0 Å². The number of nitrogens with two attached hydrogens (primary N) is 1. The maximum absolute atomic E-state index is 13.6. The van der Waals surface area contributed by atoms with Crippen LogP contribution in [0, 0.1) is 5.82 Å². The molecule has 3 N–H and O–H groups in total. The Hall–Kier alpha value is -2.12. The zero-order chi connectivity index (χ0) is 15.6. The summed E-state index contributed by atoms with van der Waals surface area (Å²) >= 11 is 5.86. The van der Waals surface area contributed by atoms with Crippen molar-refractivity contribution in [2.45, 2.75) is 4.90 Å². The Morgan fingerprint density at radius 2 is 1.86 bits per heavy atom. The Kier molecular flexibility index (Phi) is 4.15. The summed E-state index contributed by atoms with van der Waals surface area (Å²) < 4.78 is 40.0. The number of benzene rings is 2. The summed E-state index contributed by atoms with van der Waals surface area (Å²) in [5, 5.41) is 0.0555. The molecule has 2 rings (SSSR count). The van der Waals surface area contributed by atoms with Gasteiger partial charge in [-0.3, -0.25) is 9.52 Å². The molecule has 21 heavy (non-hydrogen) atoms. The minimum atomic E-state index is -4.17. The van der Waals surface area contributed by atoms with Crippen molar-refractivity contribution in [3.8, 4) is 0 Å². The van der Waals surface area contributed by atoms with Crippen molar-refractivity contribution >= 4 is 33.2 Å². The highest BCUT2D eigenvalue weighted by Crippen LogP contribution is 2.26. The van der Waals surface area contributed by atoms with Crippen LogP contribution in [0.4, 0.5) is 10.1 Å². The van der Waals surface area contributed by atoms with Crippen LogP contribution in [0.15, 0.2) is 47.4 Å². The minimum Gasteiger partial charge on any atom is -0.366 e. The minimum absolute atomic E-state index is 0.0555. The summed E-state index contributed by atoms with van der Waals surface area (Å²) in [7, 11) is -4.17. The van der Waals surface area contributed by atoms with Crippen LogP contribution in [-0.4, -0.2) is 14.3 Å². The van der Waals surface area contributed by atoms with Gasteiger partial charge < -0.3 is 5.73 Å². The first-order valence-electron chi connectivity index (χ1n) is 5.68. The van der Waals surface area contributed by atoms with Crippen LogP contribution in [0.5, 0.6) is 0 Å². The van der Waals surface area contributed by atoms with Gasteiger partial charge in [-0.05, 0) is 30.3 Å². The smallest absolute Gasteiger partial charge is 0.264 e. The highest BCUT2D eigenvalue weighted by atomic mass is 35.5. The molecule has 0 aromatic heterocycles. The SMILES string of the molecule is NC(=O)c1ccc(Cl)c(NS(=O)(=O)c2ccccc2F)c1. The van der Waals surface area contributed by atoms with Crippen molar-refractivity contribution < 1.29 is 17.6 Å². The van der Waals surface area contributed by atoms with Crippen LogP contribution in [0.25, 0.3) is 0 Å². The first-order valence-corrected chi connectivity index (χ1v) is 7.54. The van der Waals surface area contributed by atoms with Gasteiger partial charge in [-0.1, -0.05) is 23.7 Å². The van der Waals surface area contributed by atoms with E-state index in [2.05, 4.69) is 4.72 Å². The summed E-state index contributed by atoms with van der Waals surface area (Å²) in [4.78, 5) is 10.6. The lowest BCUT2D eigenvalue weighted by molar-refractivity contribution is 0.100. The number of carbonyl (C=O) groups is 1. The second-order valence-corrected chi connectivity index (χ2v) is 6.15. The predicted molar refractivity (Wildman–Crippen MR) is 77.2 cm³/mol. The normalized spacial score (nSPS) is 11.1. The molecule has 0 radical (unpaired) electrons. The van der Waals surface area contributed by atoms with E-state index in [1.807, 2.05) is 0 Å². The lowest BCUT2D eigenvalue weighted by Crippen LogP contribution is -2.16. The predicted octanol–water partition coefficient (Wildman–Crippen LogP) is 2.38. The van der Waals surface area contributed by atoms with E-state index >= 15 is 0 Å². The van der Waals surface area contributed by atoms with E-state index in [0.717, 1.165) is 12.1 Å². The topological polar surface area (TPSA) is 89.3 Å². The molecule has 0 aliphatic rings. The van der Waals surface area contributed by atoms with Crippen LogP contribution >= 0.6 is 11.6 Å². The number of amides is 1. The van der Waals surface area contributed by atoms with E-state index in [0.29, 0.717) is 0 Å². The first kappa shape index (κ1) is 15.3. The molecule has 0 fully saturated rings. The third-order valence-corrected chi connectivity index (χ3v) is 4.35. The molecule has 0 aliphatic carbocycles. The zero-order valence-corrected chi connectivity index (χ0v) is 12.1. The standard InChI is InChI=1S/C13H10ClFN2O3S/c14-9-6-5-8(13(16)18)7-11(9)17-21(19,20)12-4-2-1-3-10(12)15/h1-7,17H,(H2,16,18). The van der Waals surface area contributed by atoms with E-state index in [-0.39, 0.29) is 16.3 Å². The van der Waals surface area contributed by atoms with Gasteiger partial charge in [0.25, 0.3) is 10.0 Å². The monoisotopic (exact) mass is 328 g/mol. The molecule has 2 aromatic carbocycles. The zero-order valence-electron chi connectivity index (χ0n) is 10.5. The fraction of sp³-hybridized carbons (Fsp3) is 0. The van der Waals surface area contributed by atoms with Gasteiger partial charge in [0.05, 0.1) is 10.7 Å². The van der Waals surface area contributed by atoms with Crippen LogP contribution in [0.1, 0.15) is 10.4 Å². The molecule has 0 saturated heterocycles. The Labute approximate surface area is 125 Å². The number of carbonyl (C=O) groups excluding carboxylic acids is 1. The van der Waals surface area contributed by atoms with Crippen molar-refractivity contribution in [1.29, 1.82) is 0 Å². The van der Waals surface area contributed by atoms with Gasteiger partial charge in [-0.2, -0.15) is 0 Å². The Morgan fingerprint density at radius 1 is 1.19 bits per heavy atom. The molecular weight excluding hydrogens is 319 g/mol. The fourth-order valence-electron chi connectivity index (χ4n) is 1.62. The number of halogens is 2. The van der Waals surface area contributed by atoms with Gasteiger partial charge in [-0.15, -0.1) is 0 Å².